The number of anilines is 1. The fourth-order valence-electron chi connectivity index (χ4n) is 2.13. The quantitative estimate of drug-likeness (QED) is 0.848. The smallest absolute Gasteiger partial charge is 0.0701 e. The van der Waals surface area contributed by atoms with Crippen LogP contribution in [0.25, 0.3) is 0 Å². The van der Waals surface area contributed by atoms with Crippen molar-refractivity contribution < 1.29 is 5.11 Å². The Balaban J connectivity index is 2.24. The highest BCUT2D eigenvalue weighted by molar-refractivity contribution is 6.30. The molecule has 3 heteroatoms. The lowest BCUT2D eigenvalue weighted by molar-refractivity contribution is 0.282. The Labute approximate surface area is 119 Å². The molecule has 0 heterocycles. The lowest BCUT2D eigenvalue weighted by Gasteiger charge is -2.20. The molecule has 100 valence electrons. The van der Waals surface area contributed by atoms with E-state index in [9.17, 15) is 5.11 Å². The largest absolute Gasteiger partial charge is 0.392 e. The number of para-hydroxylation sites is 1. The Morgan fingerprint density at radius 1 is 1.16 bits per heavy atom. The standard InChI is InChI=1S/C16H18ClNO/c1-2-15(12-7-5-8-14(17)10-12)18-16-9-4-3-6-13(16)11-19/h3-10,15,18-19H,2,11H2,1H3. The first-order chi connectivity index (χ1) is 9.24. The van der Waals surface area contributed by atoms with Crippen molar-refractivity contribution in [2.45, 2.75) is 26.0 Å². The first-order valence-electron chi connectivity index (χ1n) is 6.45. The summed E-state index contributed by atoms with van der Waals surface area (Å²) in [7, 11) is 0. The molecular weight excluding hydrogens is 258 g/mol. The number of hydrogen-bond donors (Lipinski definition) is 2. The zero-order valence-corrected chi connectivity index (χ0v) is 11.7. The Hall–Kier alpha value is -1.51. The number of rotatable bonds is 5. The highest BCUT2D eigenvalue weighted by atomic mass is 35.5. The van der Waals surface area contributed by atoms with Gasteiger partial charge in [0, 0.05) is 16.3 Å². The molecule has 1 atom stereocenters. The van der Waals surface area contributed by atoms with Crippen LogP contribution in [0.5, 0.6) is 0 Å². The highest BCUT2D eigenvalue weighted by Crippen LogP contribution is 2.26. The van der Waals surface area contributed by atoms with E-state index in [0.717, 1.165) is 28.3 Å². The molecular formula is C16H18ClNO. The third-order valence-corrected chi connectivity index (χ3v) is 3.41. The lowest BCUT2D eigenvalue weighted by atomic mass is 10.0. The molecule has 19 heavy (non-hydrogen) atoms. The monoisotopic (exact) mass is 275 g/mol. The minimum Gasteiger partial charge on any atom is -0.392 e. The minimum absolute atomic E-state index is 0.0369. The van der Waals surface area contributed by atoms with Crippen molar-refractivity contribution in [3.63, 3.8) is 0 Å². The van der Waals surface area contributed by atoms with Gasteiger partial charge in [-0.25, -0.2) is 0 Å². The van der Waals surface area contributed by atoms with E-state index in [-0.39, 0.29) is 12.6 Å². The summed E-state index contributed by atoms with van der Waals surface area (Å²) in [6.07, 6.45) is 0.945. The van der Waals surface area contributed by atoms with Gasteiger partial charge in [0.25, 0.3) is 0 Å². The van der Waals surface area contributed by atoms with E-state index >= 15 is 0 Å². The fraction of sp³-hybridized carbons (Fsp3) is 0.250. The first-order valence-corrected chi connectivity index (χ1v) is 6.83. The van der Waals surface area contributed by atoms with Crippen molar-refractivity contribution in [3.05, 3.63) is 64.7 Å². The van der Waals surface area contributed by atoms with Crippen LogP contribution < -0.4 is 5.32 Å². The number of hydrogen-bond acceptors (Lipinski definition) is 2. The topological polar surface area (TPSA) is 32.3 Å². The van der Waals surface area contributed by atoms with Crippen molar-refractivity contribution in [2.24, 2.45) is 0 Å². The summed E-state index contributed by atoms with van der Waals surface area (Å²) in [5.74, 6) is 0. The normalized spacial score (nSPS) is 12.2. The molecule has 2 rings (SSSR count). The first kappa shape index (κ1) is 13.9. The molecule has 0 spiro atoms. The molecule has 2 aromatic carbocycles. The fourth-order valence-corrected chi connectivity index (χ4v) is 2.33. The van der Waals surface area contributed by atoms with Gasteiger partial charge in [0.15, 0.2) is 0 Å². The van der Waals surface area contributed by atoms with Gasteiger partial charge in [-0.05, 0) is 30.2 Å². The lowest BCUT2D eigenvalue weighted by Crippen LogP contribution is -2.11. The average Bonchev–Trinajstić information content (AvgIpc) is 2.45. The number of benzene rings is 2. The Bertz CT molecular complexity index is 542. The zero-order valence-electron chi connectivity index (χ0n) is 10.9. The molecule has 0 saturated carbocycles. The summed E-state index contributed by atoms with van der Waals surface area (Å²) in [6.45, 7) is 2.16. The number of halogens is 1. The average molecular weight is 276 g/mol. The maximum atomic E-state index is 9.36. The molecule has 0 amide bonds. The molecule has 2 aromatic rings. The summed E-state index contributed by atoms with van der Waals surface area (Å²) in [6, 6.07) is 15.9. The zero-order chi connectivity index (χ0) is 13.7. The molecule has 0 aliphatic rings. The Morgan fingerprint density at radius 3 is 2.63 bits per heavy atom. The van der Waals surface area contributed by atoms with E-state index in [2.05, 4.69) is 18.3 Å². The Kier molecular flexibility index (Phi) is 4.83. The molecule has 0 fully saturated rings. The van der Waals surface area contributed by atoms with Crippen molar-refractivity contribution in [1.82, 2.24) is 0 Å². The summed E-state index contributed by atoms with van der Waals surface area (Å²) in [5, 5.41) is 13.6. The molecule has 0 saturated heterocycles. The summed E-state index contributed by atoms with van der Waals surface area (Å²) < 4.78 is 0. The highest BCUT2D eigenvalue weighted by Gasteiger charge is 2.11. The van der Waals surface area contributed by atoms with E-state index in [1.807, 2.05) is 42.5 Å². The van der Waals surface area contributed by atoms with Crippen molar-refractivity contribution in [2.75, 3.05) is 5.32 Å². The van der Waals surface area contributed by atoms with E-state index in [0.29, 0.717) is 0 Å². The molecule has 0 aromatic heterocycles. The van der Waals surface area contributed by atoms with Crippen LogP contribution in [0.2, 0.25) is 5.02 Å². The second-order valence-corrected chi connectivity index (χ2v) is 4.91. The van der Waals surface area contributed by atoms with Crippen LogP contribution in [0.4, 0.5) is 5.69 Å². The second-order valence-electron chi connectivity index (χ2n) is 4.48. The molecule has 0 aliphatic heterocycles. The second kappa shape index (κ2) is 6.60. The molecule has 1 unspecified atom stereocenters. The van der Waals surface area contributed by atoms with Crippen LogP contribution in [0.15, 0.2) is 48.5 Å². The molecule has 2 nitrogen and oxygen atoms in total. The number of nitrogens with one attached hydrogen (secondary N) is 1. The number of aliphatic hydroxyl groups excluding tert-OH is 1. The van der Waals surface area contributed by atoms with Gasteiger partial charge in [-0.3, -0.25) is 0 Å². The third-order valence-electron chi connectivity index (χ3n) is 3.18. The van der Waals surface area contributed by atoms with E-state index < -0.39 is 0 Å². The third kappa shape index (κ3) is 3.49. The maximum absolute atomic E-state index is 9.36. The van der Waals surface area contributed by atoms with Gasteiger partial charge in [-0.15, -0.1) is 0 Å². The molecule has 0 bridgehead atoms. The van der Waals surface area contributed by atoms with Crippen LogP contribution in [0.1, 0.15) is 30.5 Å². The van der Waals surface area contributed by atoms with Crippen molar-refractivity contribution in [1.29, 1.82) is 0 Å². The number of aliphatic hydroxyl groups is 1. The Morgan fingerprint density at radius 2 is 1.95 bits per heavy atom. The van der Waals surface area contributed by atoms with Gasteiger partial charge in [0.1, 0.15) is 0 Å². The van der Waals surface area contributed by atoms with Crippen LogP contribution in [0.3, 0.4) is 0 Å². The molecule has 0 radical (unpaired) electrons. The molecule has 2 N–H and O–H groups in total. The maximum Gasteiger partial charge on any atom is 0.0701 e. The van der Waals surface area contributed by atoms with Gasteiger partial charge in [0.2, 0.25) is 0 Å². The van der Waals surface area contributed by atoms with Crippen molar-refractivity contribution in [3.8, 4) is 0 Å². The van der Waals surface area contributed by atoms with Gasteiger partial charge in [-0.2, -0.15) is 0 Å². The summed E-state index contributed by atoms with van der Waals surface area (Å²) in [5.41, 5.74) is 3.03. The molecule has 0 aliphatic carbocycles. The predicted molar refractivity (Wildman–Crippen MR) is 80.5 cm³/mol. The van der Waals surface area contributed by atoms with E-state index in [4.69, 9.17) is 11.6 Å². The summed E-state index contributed by atoms with van der Waals surface area (Å²) >= 11 is 6.04. The van der Waals surface area contributed by atoms with Crippen LogP contribution in [-0.4, -0.2) is 5.11 Å². The van der Waals surface area contributed by atoms with E-state index in [1.54, 1.807) is 0 Å². The summed E-state index contributed by atoms with van der Waals surface area (Å²) in [4.78, 5) is 0. The minimum atomic E-state index is 0.0369. The van der Waals surface area contributed by atoms with Crippen molar-refractivity contribution >= 4 is 17.3 Å². The predicted octanol–water partition coefficient (Wildman–Crippen LogP) is 4.40. The van der Waals surface area contributed by atoms with Gasteiger partial charge >= 0.3 is 0 Å². The van der Waals surface area contributed by atoms with E-state index in [1.165, 1.54) is 0 Å². The van der Waals surface area contributed by atoms with Crippen LogP contribution in [0, 0.1) is 0 Å². The SMILES string of the molecule is CCC(Nc1ccccc1CO)c1cccc(Cl)c1. The van der Waals surface area contributed by atoms with Crippen LogP contribution >= 0.6 is 11.6 Å². The van der Waals surface area contributed by atoms with Crippen LogP contribution in [-0.2, 0) is 6.61 Å². The van der Waals surface area contributed by atoms with Gasteiger partial charge < -0.3 is 10.4 Å². The van der Waals surface area contributed by atoms with Gasteiger partial charge in [-0.1, -0.05) is 48.9 Å². The van der Waals surface area contributed by atoms with Gasteiger partial charge in [0.05, 0.1) is 12.6 Å².